The van der Waals surface area contributed by atoms with Crippen molar-refractivity contribution in [1.29, 1.82) is 5.26 Å². The maximum absolute atomic E-state index is 13.2. The van der Waals surface area contributed by atoms with Crippen molar-refractivity contribution in [3.63, 3.8) is 0 Å². The van der Waals surface area contributed by atoms with Gasteiger partial charge in [0.2, 0.25) is 10.0 Å². The lowest BCUT2D eigenvalue weighted by Gasteiger charge is -2.22. The lowest BCUT2D eigenvalue weighted by atomic mass is 9.83. The van der Waals surface area contributed by atoms with E-state index in [0.29, 0.717) is 12.8 Å². The first-order valence-electron chi connectivity index (χ1n) is 9.13. The van der Waals surface area contributed by atoms with Crippen LogP contribution in [-0.2, 0) is 10.0 Å². The number of nitrogens with zero attached hydrogens (tertiary/aromatic N) is 2. The maximum Gasteiger partial charge on any atom is 0.244 e. The number of nitriles is 1. The molecule has 142 valence electrons. The molecule has 6 heteroatoms. The fourth-order valence-electron chi connectivity index (χ4n) is 3.87. The smallest absolute Gasteiger partial charge is 0.244 e. The van der Waals surface area contributed by atoms with Gasteiger partial charge < -0.3 is 5.11 Å². The Morgan fingerprint density at radius 1 is 1.15 bits per heavy atom. The van der Waals surface area contributed by atoms with Crippen molar-refractivity contribution in [3.05, 3.63) is 65.7 Å². The van der Waals surface area contributed by atoms with Crippen molar-refractivity contribution in [2.45, 2.75) is 36.6 Å². The number of aliphatic hydroxyl groups is 1. The highest BCUT2D eigenvalue weighted by Crippen LogP contribution is 2.42. The van der Waals surface area contributed by atoms with Gasteiger partial charge in [-0.15, -0.1) is 0 Å². The Kier molecular flexibility index (Phi) is 5.95. The van der Waals surface area contributed by atoms with Crippen LogP contribution < -0.4 is 0 Å². The van der Waals surface area contributed by atoms with Crippen molar-refractivity contribution in [3.8, 4) is 6.07 Å². The number of sulfonamides is 1. The van der Waals surface area contributed by atoms with E-state index in [9.17, 15) is 18.8 Å². The fraction of sp³-hybridized carbons (Fsp3) is 0.381. The van der Waals surface area contributed by atoms with Crippen LogP contribution in [0.4, 0.5) is 0 Å². The molecule has 3 rings (SSSR count). The van der Waals surface area contributed by atoms with Gasteiger partial charge in [-0.1, -0.05) is 48.0 Å². The number of aliphatic hydroxyl groups excluding tert-OH is 1. The van der Waals surface area contributed by atoms with Crippen LogP contribution in [-0.4, -0.2) is 37.0 Å². The summed E-state index contributed by atoms with van der Waals surface area (Å²) in [5.41, 5.74) is 2.01. The predicted octanol–water partition coefficient (Wildman–Crippen LogP) is 3.06. The molecular weight excluding hydrogens is 360 g/mol. The van der Waals surface area contributed by atoms with Crippen LogP contribution in [0.2, 0.25) is 0 Å². The molecule has 0 unspecified atom stereocenters. The molecule has 27 heavy (non-hydrogen) atoms. The zero-order valence-corrected chi connectivity index (χ0v) is 16.1. The zero-order chi connectivity index (χ0) is 19.4. The molecule has 0 amide bonds. The first kappa shape index (κ1) is 19.6. The molecule has 0 saturated carbocycles. The molecule has 1 fully saturated rings. The maximum atomic E-state index is 13.2. The molecule has 1 aliphatic heterocycles. The molecule has 3 atom stereocenters. The Hall–Kier alpha value is -2.20. The lowest BCUT2D eigenvalue weighted by Crippen LogP contribution is -2.37. The minimum atomic E-state index is -3.77. The number of hydrogen-bond acceptors (Lipinski definition) is 4. The Bertz CT molecular complexity index is 905. The highest BCUT2D eigenvalue weighted by molar-refractivity contribution is 7.89. The molecule has 5 nitrogen and oxygen atoms in total. The SMILES string of the molecule is Cc1ccc(S(=O)(=O)N2C[C@H](c3ccccc3)[C@H](CCCO)[C@@H]2C#N)cc1. The molecule has 2 aromatic rings. The van der Waals surface area contributed by atoms with E-state index in [1.165, 1.54) is 4.31 Å². The first-order chi connectivity index (χ1) is 13.0. The van der Waals surface area contributed by atoms with Gasteiger partial charge in [0, 0.05) is 19.1 Å². The average molecular weight is 385 g/mol. The summed E-state index contributed by atoms with van der Waals surface area (Å²) in [6.45, 7) is 2.20. The Morgan fingerprint density at radius 3 is 2.41 bits per heavy atom. The third-order valence-electron chi connectivity index (χ3n) is 5.29. The number of aryl methyl sites for hydroxylation is 1. The van der Waals surface area contributed by atoms with Gasteiger partial charge in [-0.2, -0.15) is 9.57 Å². The number of benzene rings is 2. The molecular formula is C21H24N2O3S. The van der Waals surface area contributed by atoms with E-state index in [1.54, 1.807) is 24.3 Å². The van der Waals surface area contributed by atoms with Crippen LogP contribution in [0.3, 0.4) is 0 Å². The van der Waals surface area contributed by atoms with E-state index in [4.69, 9.17) is 0 Å². The fourth-order valence-corrected chi connectivity index (χ4v) is 5.48. The van der Waals surface area contributed by atoms with E-state index >= 15 is 0 Å². The minimum Gasteiger partial charge on any atom is -0.396 e. The van der Waals surface area contributed by atoms with Crippen molar-refractivity contribution >= 4 is 10.0 Å². The van der Waals surface area contributed by atoms with E-state index in [-0.39, 0.29) is 29.9 Å². The molecule has 0 radical (unpaired) electrons. The van der Waals surface area contributed by atoms with E-state index in [0.717, 1.165) is 11.1 Å². The highest BCUT2D eigenvalue weighted by Gasteiger charge is 2.47. The average Bonchev–Trinajstić information content (AvgIpc) is 3.06. The summed E-state index contributed by atoms with van der Waals surface area (Å²) in [6.07, 6.45) is 1.15. The van der Waals surface area contributed by atoms with E-state index < -0.39 is 16.1 Å². The molecule has 2 aromatic carbocycles. The van der Waals surface area contributed by atoms with Crippen LogP contribution in [0.5, 0.6) is 0 Å². The molecule has 0 aromatic heterocycles. The van der Waals surface area contributed by atoms with Crippen molar-refractivity contribution in [2.75, 3.05) is 13.2 Å². The third-order valence-corrected chi connectivity index (χ3v) is 7.15. The van der Waals surface area contributed by atoms with E-state index in [2.05, 4.69) is 6.07 Å². The minimum absolute atomic E-state index is 0.0286. The summed E-state index contributed by atoms with van der Waals surface area (Å²) in [5, 5.41) is 19.1. The van der Waals surface area contributed by atoms with Gasteiger partial charge in [-0.3, -0.25) is 0 Å². The topological polar surface area (TPSA) is 81.4 Å². The molecule has 1 heterocycles. The predicted molar refractivity (Wildman–Crippen MR) is 103 cm³/mol. The summed E-state index contributed by atoms with van der Waals surface area (Å²) in [4.78, 5) is 0.211. The Labute approximate surface area is 160 Å². The van der Waals surface area contributed by atoms with Gasteiger partial charge in [0.25, 0.3) is 0 Å². The molecule has 0 spiro atoms. The second-order valence-electron chi connectivity index (χ2n) is 7.01. The van der Waals surface area contributed by atoms with Crippen LogP contribution in [0.25, 0.3) is 0 Å². The van der Waals surface area contributed by atoms with Gasteiger partial charge in [-0.05, 0) is 43.4 Å². The third kappa shape index (κ3) is 3.91. The van der Waals surface area contributed by atoms with Crippen LogP contribution in [0.1, 0.15) is 29.9 Å². The highest BCUT2D eigenvalue weighted by atomic mass is 32.2. The van der Waals surface area contributed by atoms with Crippen molar-refractivity contribution < 1.29 is 13.5 Å². The van der Waals surface area contributed by atoms with Gasteiger partial charge >= 0.3 is 0 Å². The van der Waals surface area contributed by atoms with Gasteiger partial charge in [0.15, 0.2) is 0 Å². The Morgan fingerprint density at radius 2 is 1.81 bits per heavy atom. The largest absolute Gasteiger partial charge is 0.396 e. The summed E-state index contributed by atoms with van der Waals surface area (Å²) >= 11 is 0. The van der Waals surface area contributed by atoms with Crippen LogP contribution in [0, 0.1) is 24.2 Å². The quantitative estimate of drug-likeness (QED) is 0.830. The standard InChI is InChI=1S/C21H24N2O3S/c1-16-9-11-18(12-10-16)27(25,26)23-15-20(17-6-3-2-4-7-17)19(8-5-13-24)21(23)14-22/h2-4,6-7,9-12,19-21,24H,5,8,13,15H2,1H3/t19-,20+,21-/m0/s1. The normalized spacial score (nSPS) is 23.2. The van der Waals surface area contributed by atoms with E-state index in [1.807, 2.05) is 37.3 Å². The summed E-state index contributed by atoms with van der Waals surface area (Å²) in [6, 6.07) is 17.9. The van der Waals surface area contributed by atoms with Crippen molar-refractivity contribution in [1.82, 2.24) is 4.31 Å². The van der Waals surface area contributed by atoms with Gasteiger partial charge in [-0.25, -0.2) is 8.42 Å². The summed E-state index contributed by atoms with van der Waals surface area (Å²) < 4.78 is 27.8. The van der Waals surface area contributed by atoms with Crippen LogP contribution >= 0.6 is 0 Å². The monoisotopic (exact) mass is 384 g/mol. The van der Waals surface area contributed by atoms with Gasteiger partial charge in [0.05, 0.1) is 11.0 Å². The molecule has 0 bridgehead atoms. The van der Waals surface area contributed by atoms with Crippen molar-refractivity contribution in [2.24, 2.45) is 5.92 Å². The number of rotatable bonds is 6. The Balaban J connectivity index is 2.00. The molecule has 1 saturated heterocycles. The first-order valence-corrected chi connectivity index (χ1v) is 10.6. The van der Waals surface area contributed by atoms with Crippen LogP contribution in [0.15, 0.2) is 59.5 Å². The zero-order valence-electron chi connectivity index (χ0n) is 15.3. The number of hydrogen-bond donors (Lipinski definition) is 1. The molecule has 1 aliphatic rings. The lowest BCUT2D eigenvalue weighted by molar-refractivity contribution is 0.263. The summed E-state index contributed by atoms with van der Waals surface area (Å²) in [7, 11) is -3.77. The second kappa shape index (κ2) is 8.22. The molecule has 1 N–H and O–H groups in total. The summed E-state index contributed by atoms with van der Waals surface area (Å²) in [5.74, 6) is -0.215. The van der Waals surface area contributed by atoms with Gasteiger partial charge in [0.1, 0.15) is 6.04 Å². The second-order valence-corrected chi connectivity index (χ2v) is 8.90. The molecule has 0 aliphatic carbocycles.